The molecule has 0 spiro atoms. The van der Waals surface area contributed by atoms with E-state index in [0.29, 0.717) is 28.3 Å². The van der Waals surface area contributed by atoms with Crippen molar-refractivity contribution in [3.63, 3.8) is 0 Å². The number of amides is 2. The molecule has 0 atom stereocenters. The molecule has 2 amide bonds. The number of H-pyrrole nitrogens is 1. The lowest BCUT2D eigenvalue weighted by Crippen LogP contribution is -2.25. The number of anilines is 1. The zero-order valence-corrected chi connectivity index (χ0v) is 15.1. The van der Waals surface area contributed by atoms with Crippen molar-refractivity contribution in [1.82, 2.24) is 25.3 Å². The third-order valence-electron chi connectivity index (χ3n) is 4.43. The lowest BCUT2D eigenvalue weighted by atomic mass is 10.1. The molecule has 1 aromatic carbocycles. The topological polar surface area (TPSA) is 122 Å². The van der Waals surface area contributed by atoms with Gasteiger partial charge in [0.2, 0.25) is 0 Å². The quantitative estimate of drug-likeness (QED) is 0.620. The Morgan fingerprint density at radius 3 is 2.71 bits per heavy atom. The van der Waals surface area contributed by atoms with Crippen molar-refractivity contribution in [1.29, 1.82) is 0 Å². The Balaban J connectivity index is 1.52. The number of nitrogens with one attached hydrogen (secondary N) is 3. The lowest BCUT2D eigenvalue weighted by Gasteiger charge is -2.08. The molecule has 9 heteroatoms. The zero-order valence-electron chi connectivity index (χ0n) is 15.1. The second-order valence-electron chi connectivity index (χ2n) is 6.62. The Morgan fingerprint density at radius 2 is 2.00 bits per heavy atom. The third kappa shape index (κ3) is 3.68. The Labute approximate surface area is 159 Å². The van der Waals surface area contributed by atoms with Crippen molar-refractivity contribution < 1.29 is 9.59 Å². The van der Waals surface area contributed by atoms with Crippen molar-refractivity contribution >= 4 is 17.5 Å². The molecule has 142 valence electrons. The molecular formula is C19H18N6O3. The van der Waals surface area contributed by atoms with Gasteiger partial charge in [0.1, 0.15) is 0 Å². The second kappa shape index (κ2) is 7.10. The van der Waals surface area contributed by atoms with E-state index in [0.717, 1.165) is 12.8 Å². The predicted molar refractivity (Wildman–Crippen MR) is 102 cm³/mol. The van der Waals surface area contributed by atoms with Gasteiger partial charge in [0, 0.05) is 23.4 Å². The van der Waals surface area contributed by atoms with E-state index in [4.69, 9.17) is 0 Å². The van der Waals surface area contributed by atoms with Crippen LogP contribution < -0.4 is 16.2 Å². The van der Waals surface area contributed by atoms with Gasteiger partial charge in [0.25, 0.3) is 17.4 Å². The van der Waals surface area contributed by atoms with Gasteiger partial charge < -0.3 is 10.6 Å². The van der Waals surface area contributed by atoms with Gasteiger partial charge >= 0.3 is 0 Å². The summed E-state index contributed by atoms with van der Waals surface area (Å²) >= 11 is 0. The van der Waals surface area contributed by atoms with Gasteiger partial charge in [0.05, 0.1) is 17.5 Å². The van der Waals surface area contributed by atoms with Gasteiger partial charge in [-0.2, -0.15) is 10.2 Å². The monoisotopic (exact) mass is 378 g/mol. The van der Waals surface area contributed by atoms with Crippen molar-refractivity contribution in [3.8, 4) is 5.82 Å². The fourth-order valence-corrected chi connectivity index (χ4v) is 2.75. The number of rotatable bonds is 5. The van der Waals surface area contributed by atoms with Crippen LogP contribution in [0.1, 0.15) is 39.3 Å². The van der Waals surface area contributed by atoms with Crippen LogP contribution in [0, 0.1) is 6.92 Å². The summed E-state index contributed by atoms with van der Waals surface area (Å²) in [5, 5.41) is 16.1. The van der Waals surface area contributed by atoms with Gasteiger partial charge in [-0.05, 0) is 44.0 Å². The van der Waals surface area contributed by atoms with Crippen LogP contribution in [-0.2, 0) is 0 Å². The Kier molecular flexibility index (Phi) is 4.48. The third-order valence-corrected chi connectivity index (χ3v) is 4.43. The first-order chi connectivity index (χ1) is 13.5. The summed E-state index contributed by atoms with van der Waals surface area (Å²) in [6.45, 7) is 1.73. The molecule has 4 rings (SSSR count). The molecule has 1 aliphatic rings. The normalized spacial score (nSPS) is 13.2. The van der Waals surface area contributed by atoms with Gasteiger partial charge in [-0.3, -0.25) is 14.4 Å². The molecule has 3 aromatic rings. The summed E-state index contributed by atoms with van der Waals surface area (Å²) < 4.78 is 1.46. The first-order valence-electron chi connectivity index (χ1n) is 8.84. The number of carbonyl (C=O) groups is 2. The van der Waals surface area contributed by atoms with Gasteiger partial charge in [-0.1, -0.05) is 6.07 Å². The highest BCUT2D eigenvalue weighted by Crippen LogP contribution is 2.20. The maximum atomic E-state index is 12.7. The minimum Gasteiger partial charge on any atom is -0.349 e. The van der Waals surface area contributed by atoms with Crippen molar-refractivity contribution in [2.45, 2.75) is 25.8 Å². The smallest absolute Gasteiger partial charge is 0.264 e. The minimum absolute atomic E-state index is 0.147. The summed E-state index contributed by atoms with van der Waals surface area (Å²) in [6.07, 6.45) is 3.45. The molecule has 1 fully saturated rings. The molecule has 1 saturated carbocycles. The highest BCUT2D eigenvalue weighted by atomic mass is 16.2. The van der Waals surface area contributed by atoms with E-state index in [2.05, 4.69) is 25.9 Å². The van der Waals surface area contributed by atoms with Gasteiger partial charge in [-0.15, -0.1) is 0 Å². The fraction of sp³-hybridized carbons (Fsp3) is 0.211. The molecule has 0 unspecified atom stereocenters. The maximum Gasteiger partial charge on any atom is 0.264 e. The van der Waals surface area contributed by atoms with Crippen molar-refractivity contribution in [2.24, 2.45) is 0 Å². The molecule has 3 N–H and O–H groups in total. The Hall–Kier alpha value is -3.75. The average molecular weight is 378 g/mol. The SMILES string of the molecule is Cc1c(C(=O)Nc2cccc(C(=O)NC3CC3)c2)cnn1-c1ccc(=O)[nH]n1. The maximum absolute atomic E-state index is 12.7. The summed E-state index contributed by atoms with van der Waals surface area (Å²) in [4.78, 5) is 36.0. The largest absolute Gasteiger partial charge is 0.349 e. The van der Waals surface area contributed by atoms with E-state index in [-0.39, 0.29) is 23.4 Å². The highest BCUT2D eigenvalue weighted by molar-refractivity contribution is 6.05. The van der Waals surface area contributed by atoms with E-state index in [9.17, 15) is 14.4 Å². The Morgan fingerprint density at radius 1 is 1.18 bits per heavy atom. The van der Waals surface area contributed by atoms with Crippen molar-refractivity contribution in [2.75, 3.05) is 5.32 Å². The van der Waals surface area contributed by atoms with Gasteiger partial charge in [0.15, 0.2) is 5.82 Å². The second-order valence-corrected chi connectivity index (χ2v) is 6.62. The number of hydrogen-bond donors (Lipinski definition) is 3. The number of benzene rings is 1. The van der Waals surface area contributed by atoms with E-state index < -0.39 is 0 Å². The highest BCUT2D eigenvalue weighted by Gasteiger charge is 2.24. The van der Waals surface area contributed by atoms with Crippen LogP contribution in [0.3, 0.4) is 0 Å². The van der Waals surface area contributed by atoms with E-state index in [1.807, 2.05) is 0 Å². The van der Waals surface area contributed by atoms with Crippen LogP contribution in [0.2, 0.25) is 0 Å². The molecule has 0 bridgehead atoms. The van der Waals surface area contributed by atoms with E-state index in [1.54, 1.807) is 31.2 Å². The summed E-state index contributed by atoms with van der Waals surface area (Å²) in [5.41, 5.74) is 1.62. The molecule has 2 aromatic heterocycles. The molecule has 0 aliphatic heterocycles. The Bertz CT molecular complexity index is 1090. The lowest BCUT2D eigenvalue weighted by molar-refractivity contribution is 0.0949. The van der Waals surface area contributed by atoms with Crippen LogP contribution in [0.15, 0.2) is 47.4 Å². The number of aromatic amines is 1. The number of nitrogens with zero attached hydrogens (tertiary/aromatic N) is 3. The predicted octanol–water partition coefficient (Wildman–Crippen LogP) is 1.41. The average Bonchev–Trinajstić information content (AvgIpc) is 3.42. The number of carbonyl (C=O) groups excluding carboxylic acids is 2. The first-order valence-corrected chi connectivity index (χ1v) is 8.84. The number of aromatic nitrogens is 4. The standard InChI is InChI=1S/C19H18N6O3/c1-11-15(10-20-25(11)16-7-8-17(26)24-23-16)19(28)22-14-4-2-3-12(9-14)18(27)21-13-5-6-13/h2-4,7-10,13H,5-6H2,1H3,(H,21,27)(H,22,28)(H,24,26). The van der Waals surface area contributed by atoms with Crippen LogP contribution >= 0.6 is 0 Å². The zero-order chi connectivity index (χ0) is 19.7. The van der Waals surface area contributed by atoms with Gasteiger partial charge in [-0.25, -0.2) is 9.78 Å². The van der Waals surface area contributed by atoms with Crippen LogP contribution in [-0.4, -0.2) is 37.8 Å². The van der Waals surface area contributed by atoms with Crippen molar-refractivity contribution in [3.05, 3.63) is 69.8 Å². The van der Waals surface area contributed by atoms with Crippen LogP contribution in [0.4, 0.5) is 5.69 Å². The summed E-state index contributed by atoms with van der Waals surface area (Å²) in [5.74, 6) is -0.102. The summed E-state index contributed by atoms with van der Waals surface area (Å²) in [6, 6.07) is 9.90. The molecule has 0 saturated heterocycles. The molecular weight excluding hydrogens is 360 g/mol. The van der Waals surface area contributed by atoms with E-state index in [1.165, 1.54) is 23.0 Å². The molecule has 9 nitrogen and oxygen atoms in total. The molecule has 1 aliphatic carbocycles. The molecule has 2 heterocycles. The van der Waals surface area contributed by atoms with E-state index >= 15 is 0 Å². The molecule has 0 radical (unpaired) electrons. The number of hydrogen-bond acceptors (Lipinski definition) is 5. The van der Waals surface area contributed by atoms with Crippen LogP contribution in [0.5, 0.6) is 0 Å². The summed E-state index contributed by atoms with van der Waals surface area (Å²) in [7, 11) is 0. The first kappa shape index (κ1) is 17.7. The van der Waals surface area contributed by atoms with Crippen LogP contribution in [0.25, 0.3) is 5.82 Å². The fourth-order valence-electron chi connectivity index (χ4n) is 2.75. The minimum atomic E-state index is -0.354. The molecule has 28 heavy (non-hydrogen) atoms.